The third-order valence-electron chi connectivity index (χ3n) is 10.5. The SMILES string of the molecule is CCC(=O)Nc1cc(CN(C)C[C@]23C(=O)N(CCN4CCOCC4)C(=O)N2[C@@H](c2ccc(N(C)C)c4ccccc24)C[C@@H]3C)ccc1OC. The predicted octanol–water partition coefficient (Wildman–Crippen LogP) is 4.81. The van der Waals surface area contributed by atoms with Crippen molar-refractivity contribution < 1.29 is 23.9 Å². The highest BCUT2D eigenvalue weighted by Crippen LogP contribution is 2.53. The second kappa shape index (κ2) is 14.3. The zero-order valence-corrected chi connectivity index (χ0v) is 29.7. The largest absolute Gasteiger partial charge is 0.495 e. The molecule has 0 spiro atoms. The van der Waals surface area contributed by atoms with Gasteiger partial charge in [0.05, 0.1) is 32.1 Å². The molecule has 11 nitrogen and oxygen atoms in total. The zero-order chi connectivity index (χ0) is 34.9. The number of likely N-dealkylation sites (N-methyl/N-ethyl adjacent to an activating group) is 1. The maximum Gasteiger partial charge on any atom is 0.328 e. The molecule has 3 heterocycles. The second-order valence-electron chi connectivity index (χ2n) is 13.9. The highest BCUT2D eigenvalue weighted by molar-refractivity contribution is 6.08. The van der Waals surface area contributed by atoms with E-state index >= 15 is 0 Å². The van der Waals surface area contributed by atoms with E-state index in [0.717, 1.165) is 40.7 Å². The first-order valence-electron chi connectivity index (χ1n) is 17.4. The lowest BCUT2D eigenvalue weighted by Gasteiger charge is -2.37. The van der Waals surface area contributed by atoms with Gasteiger partial charge >= 0.3 is 6.03 Å². The number of amides is 4. The van der Waals surface area contributed by atoms with Gasteiger partial charge in [0.2, 0.25) is 5.91 Å². The average molecular weight is 671 g/mol. The molecule has 0 aliphatic carbocycles. The van der Waals surface area contributed by atoms with Gasteiger partial charge in [-0.1, -0.05) is 50.2 Å². The number of methoxy groups -OCH3 is 1. The van der Waals surface area contributed by atoms with Crippen molar-refractivity contribution in [2.75, 3.05) is 84.4 Å². The predicted molar refractivity (Wildman–Crippen MR) is 192 cm³/mol. The van der Waals surface area contributed by atoms with Crippen molar-refractivity contribution in [3.8, 4) is 5.75 Å². The molecule has 11 heteroatoms. The summed E-state index contributed by atoms with van der Waals surface area (Å²) in [7, 11) is 7.66. The van der Waals surface area contributed by atoms with Crippen molar-refractivity contribution >= 4 is 40.0 Å². The molecule has 3 aromatic carbocycles. The van der Waals surface area contributed by atoms with E-state index in [4.69, 9.17) is 9.47 Å². The summed E-state index contributed by atoms with van der Waals surface area (Å²) >= 11 is 0. The minimum absolute atomic E-state index is 0.0904. The van der Waals surface area contributed by atoms with Crippen molar-refractivity contribution in [1.29, 1.82) is 0 Å². The van der Waals surface area contributed by atoms with E-state index in [2.05, 4.69) is 51.2 Å². The van der Waals surface area contributed by atoms with E-state index in [9.17, 15) is 14.4 Å². The molecule has 3 aliphatic heterocycles. The summed E-state index contributed by atoms with van der Waals surface area (Å²) in [6.07, 6.45) is 1.04. The topological polar surface area (TPSA) is 97.9 Å². The minimum atomic E-state index is -1.03. The number of fused-ring (bicyclic) bond motifs is 2. The molecule has 0 radical (unpaired) electrons. The number of nitrogens with zero attached hydrogens (tertiary/aromatic N) is 5. The third-order valence-corrected chi connectivity index (χ3v) is 10.5. The third kappa shape index (κ3) is 6.47. The highest BCUT2D eigenvalue weighted by atomic mass is 16.5. The second-order valence-corrected chi connectivity index (χ2v) is 13.9. The van der Waals surface area contributed by atoms with Crippen LogP contribution in [0.15, 0.2) is 54.6 Å². The number of hydrogen-bond acceptors (Lipinski definition) is 8. The van der Waals surface area contributed by atoms with Crippen LogP contribution >= 0.6 is 0 Å². The van der Waals surface area contributed by atoms with Gasteiger partial charge in [0.15, 0.2) is 0 Å². The van der Waals surface area contributed by atoms with Crippen LogP contribution in [-0.4, -0.2) is 117 Å². The first-order chi connectivity index (χ1) is 23.6. The molecule has 6 rings (SSSR count). The number of rotatable bonds is 12. The fourth-order valence-corrected chi connectivity index (χ4v) is 8.00. The van der Waals surface area contributed by atoms with E-state index in [1.807, 2.05) is 63.3 Å². The van der Waals surface area contributed by atoms with Crippen LogP contribution in [0.4, 0.5) is 16.2 Å². The number of imide groups is 1. The number of carbonyl (C=O) groups excluding carboxylic acids is 3. The lowest BCUT2D eigenvalue weighted by Crippen LogP contribution is -2.56. The monoisotopic (exact) mass is 670 g/mol. The van der Waals surface area contributed by atoms with Crippen LogP contribution in [0.2, 0.25) is 0 Å². The summed E-state index contributed by atoms with van der Waals surface area (Å²) in [5.41, 5.74) is 2.73. The van der Waals surface area contributed by atoms with Crippen LogP contribution in [0.1, 0.15) is 43.9 Å². The number of morpholine rings is 1. The Bertz CT molecular complexity index is 1710. The van der Waals surface area contributed by atoms with Gasteiger partial charge in [0.1, 0.15) is 11.3 Å². The van der Waals surface area contributed by atoms with Crippen molar-refractivity contribution in [3.05, 3.63) is 65.7 Å². The molecule has 3 fully saturated rings. The van der Waals surface area contributed by atoms with Gasteiger partial charge in [-0.05, 0) is 54.1 Å². The van der Waals surface area contributed by atoms with E-state index in [-0.39, 0.29) is 29.8 Å². The number of anilines is 2. The Hall–Kier alpha value is -4.19. The van der Waals surface area contributed by atoms with Gasteiger partial charge in [-0.3, -0.25) is 24.3 Å². The molecule has 3 aromatic rings. The smallest absolute Gasteiger partial charge is 0.328 e. The maximum absolute atomic E-state index is 14.8. The molecule has 0 aromatic heterocycles. The van der Waals surface area contributed by atoms with Crippen molar-refractivity contribution in [2.45, 2.75) is 44.8 Å². The Morgan fingerprint density at radius 2 is 1.76 bits per heavy atom. The lowest BCUT2D eigenvalue weighted by atomic mass is 9.84. The highest BCUT2D eigenvalue weighted by Gasteiger charge is 2.66. The molecular weight excluding hydrogens is 620 g/mol. The van der Waals surface area contributed by atoms with Gasteiger partial charge in [0, 0.05) is 70.9 Å². The Kier molecular flexibility index (Phi) is 10.1. The summed E-state index contributed by atoms with van der Waals surface area (Å²) in [6, 6.07) is 17.9. The molecule has 0 unspecified atom stereocenters. The fraction of sp³-hybridized carbons (Fsp3) is 0.500. The first-order valence-corrected chi connectivity index (χ1v) is 17.4. The van der Waals surface area contributed by atoms with Crippen molar-refractivity contribution in [3.63, 3.8) is 0 Å². The molecule has 3 atom stereocenters. The molecule has 262 valence electrons. The summed E-state index contributed by atoms with van der Waals surface area (Å²) < 4.78 is 11.0. The quantitative estimate of drug-likeness (QED) is 0.275. The first kappa shape index (κ1) is 34.7. The normalized spacial score (nSPS) is 22.7. The number of ether oxygens (including phenoxy) is 2. The van der Waals surface area contributed by atoms with Gasteiger partial charge in [0.25, 0.3) is 5.91 Å². The van der Waals surface area contributed by atoms with Gasteiger partial charge in [-0.2, -0.15) is 0 Å². The molecule has 1 N–H and O–H groups in total. The molecule has 0 bridgehead atoms. The summed E-state index contributed by atoms with van der Waals surface area (Å²) in [5.74, 6) is 0.285. The van der Waals surface area contributed by atoms with E-state index < -0.39 is 5.54 Å². The van der Waals surface area contributed by atoms with Crippen LogP contribution in [0, 0.1) is 5.92 Å². The number of benzene rings is 3. The maximum atomic E-state index is 14.8. The van der Waals surface area contributed by atoms with Crippen molar-refractivity contribution in [2.24, 2.45) is 5.92 Å². The minimum Gasteiger partial charge on any atom is -0.495 e. The standard InChI is InChI=1S/C38H50N6O5/c1-7-35(45)39-31-23-27(12-15-34(31)48-6)24-41(5)25-38-26(2)22-33(30-13-14-32(40(3)4)29-11-9-8-10-28(29)30)44(38)37(47)43(36(38)46)17-16-42-18-20-49-21-19-42/h8-15,23,26,33H,7,16-22,24-25H2,1-6H3,(H,39,45)/t26-,33+,38-/m0/s1. The molecule has 3 aliphatic rings. The Morgan fingerprint density at radius 3 is 2.45 bits per heavy atom. The molecule has 4 amide bonds. The van der Waals surface area contributed by atoms with Crippen LogP contribution in [0.5, 0.6) is 5.75 Å². The summed E-state index contributed by atoms with van der Waals surface area (Å²) in [6.45, 7) is 8.70. The van der Waals surface area contributed by atoms with Gasteiger partial charge in [-0.15, -0.1) is 0 Å². The number of urea groups is 1. The van der Waals surface area contributed by atoms with Crippen LogP contribution < -0.4 is 15.0 Å². The Balaban J connectivity index is 1.35. The summed E-state index contributed by atoms with van der Waals surface area (Å²) in [4.78, 5) is 51.6. The van der Waals surface area contributed by atoms with Gasteiger partial charge in [-0.25, -0.2) is 4.79 Å². The van der Waals surface area contributed by atoms with Crippen LogP contribution in [0.3, 0.4) is 0 Å². The Morgan fingerprint density at radius 1 is 1.02 bits per heavy atom. The number of hydrogen-bond donors (Lipinski definition) is 1. The number of carbonyl (C=O) groups is 3. The van der Waals surface area contributed by atoms with Crippen LogP contribution in [0.25, 0.3) is 10.8 Å². The van der Waals surface area contributed by atoms with E-state index in [0.29, 0.717) is 63.7 Å². The van der Waals surface area contributed by atoms with E-state index in [1.165, 1.54) is 4.90 Å². The lowest BCUT2D eigenvalue weighted by molar-refractivity contribution is -0.135. The van der Waals surface area contributed by atoms with Crippen molar-refractivity contribution in [1.82, 2.24) is 19.6 Å². The van der Waals surface area contributed by atoms with Crippen LogP contribution in [-0.2, 0) is 20.9 Å². The zero-order valence-electron chi connectivity index (χ0n) is 29.7. The number of nitrogens with one attached hydrogen (secondary N) is 1. The molecule has 49 heavy (non-hydrogen) atoms. The van der Waals surface area contributed by atoms with Gasteiger partial charge < -0.3 is 24.6 Å². The average Bonchev–Trinajstić information content (AvgIpc) is 3.50. The Labute approximate surface area is 289 Å². The molecule has 0 saturated carbocycles. The molecular formula is C38H50N6O5. The fourth-order valence-electron chi connectivity index (χ4n) is 8.00. The molecule has 3 saturated heterocycles. The van der Waals surface area contributed by atoms with E-state index in [1.54, 1.807) is 7.11 Å². The summed E-state index contributed by atoms with van der Waals surface area (Å²) in [5, 5.41) is 5.16.